The van der Waals surface area contributed by atoms with E-state index in [4.69, 9.17) is 0 Å². The maximum absolute atomic E-state index is 13.7. The molecule has 2 rings (SSSR count). The first-order valence-electron chi connectivity index (χ1n) is 6.87. The third kappa shape index (κ3) is 4.47. The number of amides is 2. The number of benzene rings is 2. The summed E-state index contributed by atoms with van der Waals surface area (Å²) in [4.78, 5) is 11.9. The molecule has 0 bridgehead atoms. The summed E-state index contributed by atoms with van der Waals surface area (Å²) in [6, 6.07) is 8.12. The van der Waals surface area contributed by atoms with Crippen LogP contribution in [0.3, 0.4) is 0 Å². The number of anilines is 1. The fourth-order valence-electron chi connectivity index (χ4n) is 2.07. The van der Waals surface area contributed by atoms with Gasteiger partial charge in [0.1, 0.15) is 5.82 Å². The van der Waals surface area contributed by atoms with Gasteiger partial charge in [0.05, 0.1) is 17.3 Å². The van der Waals surface area contributed by atoms with E-state index in [1.165, 1.54) is 0 Å². The van der Waals surface area contributed by atoms with E-state index >= 15 is 0 Å². The second-order valence-corrected chi connectivity index (χ2v) is 5.95. The van der Waals surface area contributed by atoms with Crippen molar-refractivity contribution in [3.8, 4) is 0 Å². The van der Waals surface area contributed by atoms with Crippen LogP contribution in [0.25, 0.3) is 0 Å². The molecule has 3 nitrogen and oxygen atoms in total. The SMILES string of the molecule is CC(NC(=O)Nc1c(F)cccc1C(F)(F)F)c1ccc(Br)cc1. The van der Waals surface area contributed by atoms with Crippen molar-refractivity contribution in [1.82, 2.24) is 5.32 Å². The van der Waals surface area contributed by atoms with Crippen LogP contribution >= 0.6 is 15.9 Å². The summed E-state index contributed by atoms with van der Waals surface area (Å²) in [6.07, 6.45) is -4.78. The van der Waals surface area contributed by atoms with Crippen LogP contribution in [0.5, 0.6) is 0 Å². The van der Waals surface area contributed by atoms with Crippen molar-refractivity contribution in [2.45, 2.75) is 19.1 Å². The van der Waals surface area contributed by atoms with Crippen molar-refractivity contribution >= 4 is 27.6 Å². The van der Waals surface area contributed by atoms with Crippen LogP contribution in [0.4, 0.5) is 28.0 Å². The number of halogens is 5. The third-order valence-corrected chi connectivity index (χ3v) is 3.80. The molecule has 0 aliphatic rings. The number of nitrogens with one attached hydrogen (secondary N) is 2. The highest BCUT2D eigenvalue weighted by Gasteiger charge is 2.35. The summed E-state index contributed by atoms with van der Waals surface area (Å²) in [5.41, 5.74) is -1.39. The van der Waals surface area contributed by atoms with Crippen molar-refractivity contribution in [3.63, 3.8) is 0 Å². The average molecular weight is 405 g/mol. The zero-order chi connectivity index (χ0) is 17.9. The molecule has 0 saturated heterocycles. The lowest BCUT2D eigenvalue weighted by atomic mass is 10.1. The number of urea groups is 1. The van der Waals surface area contributed by atoms with Gasteiger partial charge in [0.25, 0.3) is 0 Å². The molecule has 1 unspecified atom stereocenters. The molecular weight excluding hydrogens is 392 g/mol. The zero-order valence-electron chi connectivity index (χ0n) is 12.4. The standard InChI is InChI=1S/C16H13BrF4N2O/c1-9(10-5-7-11(17)8-6-10)22-15(24)23-14-12(16(19,20)21)3-2-4-13(14)18/h2-9H,1H3,(H2,22,23,24). The topological polar surface area (TPSA) is 41.1 Å². The summed E-state index contributed by atoms with van der Waals surface area (Å²) in [5, 5.41) is 4.41. The van der Waals surface area contributed by atoms with E-state index in [-0.39, 0.29) is 0 Å². The van der Waals surface area contributed by atoms with Gasteiger partial charge in [-0.1, -0.05) is 34.1 Å². The van der Waals surface area contributed by atoms with Gasteiger partial charge in [0.2, 0.25) is 0 Å². The van der Waals surface area contributed by atoms with Gasteiger partial charge in [0, 0.05) is 4.47 Å². The predicted molar refractivity (Wildman–Crippen MR) is 86.1 cm³/mol. The summed E-state index contributed by atoms with van der Waals surface area (Å²) in [6.45, 7) is 1.66. The fourth-order valence-corrected chi connectivity index (χ4v) is 2.33. The van der Waals surface area contributed by atoms with Crippen molar-refractivity contribution in [1.29, 1.82) is 0 Å². The Hall–Kier alpha value is -2.09. The molecule has 0 fully saturated rings. The number of hydrogen-bond acceptors (Lipinski definition) is 1. The highest BCUT2D eigenvalue weighted by molar-refractivity contribution is 9.10. The monoisotopic (exact) mass is 404 g/mol. The molecule has 1 atom stereocenters. The maximum atomic E-state index is 13.7. The molecule has 0 aliphatic carbocycles. The van der Waals surface area contributed by atoms with Crippen LogP contribution in [-0.2, 0) is 6.18 Å². The fraction of sp³-hybridized carbons (Fsp3) is 0.188. The van der Waals surface area contributed by atoms with Gasteiger partial charge in [-0.2, -0.15) is 13.2 Å². The van der Waals surface area contributed by atoms with Gasteiger partial charge >= 0.3 is 12.2 Å². The van der Waals surface area contributed by atoms with E-state index in [1.807, 2.05) is 5.32 Å². The van der Waals surface area contributed by atoms with Crippen LogP contribution in [0.15, 0.2) is 46.9 Å². The van der Waals surface area contributed by atoms with Crippen molar-refractivity contribution in [2.75, 3.05) is 5.32 Å². The number of carbonyl (C=O) groups is 1. The molecule has 24 heavy (non-hydrogen) atoms. The Labute approximate surface area is 144 Å². The third-order valence-electron chi connectivity index (χ3n) is 3.28. The molecule has 0 spiro atoms. The second-order valence-electron chi connectivity index (χ2n) is 5.03. The van der Waals surface area contributed by atoms with E-state index in [2.05, 4.69) is 21.2 Å². The van der Waals surface area contributed by atoms with Crippen LogP contribution in [0.2, 0.25) is 0 Å². The highest BCUT2D eigenvalue weighted by Crippen LogP contribution is 2.36. The Morgan fingerprint density at radius 2 is 1.75 bits per heavy atom. The molecule has 2 N–H and O–H groups in total. The van der Waals surface area contributed by atoms with Crippen LogP contribution in [0, 0.1) is 5.82 Å². The van der Waals surface area contributed by atoms with Gasteiger partial charge in [-0.3, -0.25) is 0 Å². The Balaban J connectivity index is 2.14. The lowest BCUT2D eigenvalue weighted by molar-refractivity contribution is -0.137. The van der Waals surface area contributed by atoms with Gasteiger partial charge in [-0.15, -0.1) is 0 Å². The van der Waals surface area contributed by atoms with E-state index in [9.17, 15) is 22.4 Å². The number of alkyl halides is 3. The Morgan fingerprint density at radius 1 is 1.12 bits per heavy atom. The van der Waals surface area contributed by atoms with Crippen molar-refractivity contribution < 1.29 is 22.4 Å². The van der Waals surface area contributed by atoms with Crippen molar-refractivity contribution in [2.24, 2.45) is 0 Å². The molecule has 0 aliphatic heterocycles. The second kappa shape index (κ2) is 7.21. The largest absolute Gasteiger partial charge is 0.418 e. The Morgan fingerprint density at radius 3 is 2.33 bits per heavy atom. The molecule has 2 aromatic carbocycles. The molecule has 2 amide bonds. The summed E-state index contributed by atoms with van der Waals surface area (Å²) < 4.78 is 53.3. The lowest BCUT2D eigenvalue weighted by Crippen LogP contribution is -2.32. The van der Waals surface area contributed by atoms with E-state index < -0.39 is 35.3 Å². The first-order chi connectivity index (χ1) is 11.2. The van der Waals surface area contributed by atoms with Crippen LogP contribution in [0.1, 0.15) is 24.1 Å². The Kier molecular flexibility index (Phi) is 5.48. The summed E-state index contributed by atoms with van der Waals surface area (Å²) in [7, 11) is 0. The van der Waals surface area contributed by atoms with Gasteiger partial charge in [-0.25, -0.2) is 9.18 Å². The molecule has 0 radical (unpaired) electrons. The minimum atomic E-state index is -4.78. The Bertz CT molecular complexity index is 732. The predicted octanol–water partition coefficient (Wildman–Crippen LogP) is 5.49. The average Bonchev–Trinajstić information content (AvgIpc) is 2.48. The van der Waals surface area contributed by atoms with E-state index in [0.29, 0.717) is 6.07 Å². The normalized spacial score (nSPS) is 12.6. The summed E-state index contributed by atoms with van der Waals surface area (Å²) in [5.74, 6) is -1.16. The van der Waals surface area contributed by atoms with Gasteiger partial charge < -0.3 is 10.6 Å². The van der Waals surface area contributed by atoms with E-state index in [0.717, 1.165) is 22.2 Å². The van der Waals surface area contributed by atoms with Crippen LogP contribution < -0.4 is 10.6 Å². The first-order valence-corrected chi connectivity index (χ1v) is 7.66. The van der Waals surface area contributed by atoms with Gasteiger partial charge in [0.15, 0.2) is 0 Å². The van der Waals surface area contributed by atoms with Crippen molar-refractivity contribution in [3.05, 3.63) is 63.9 Å². The number of hydrogen-bond donors (Lipinski definition) is 2. The molecule has 0 aromatic heterocycles. The molecule has 128 valence electrons. The molecule has 0 saturated carbocycles. The smallest absolute Gasteiger partial charge is 0.331 e. The molecule has 0 heterocycles. The molecule has 8 heteroatoms. The minimum Gasteiger partial charge on any atom is -0.331 e. The molecule has 2 aromatic rings. The lowest BCUT2D eigenvalue weighted by Gasteiger charge is -2.18. The number of para-hydroxylation sites is 1. The number of rotatable bonds is 3. The number of carbonyl (C=O) groups excluding carboxylic acids is 1. The first kappa shape index (κ1) is 18.3. The summed E-state index contributed by atoms with van der Waals surface area (Å²) >= 11 is 3.28. The molecular formula is C16H13BrF4N2O. The maximum Gasteiger partial charge on any atom is 0.418 e. The highest BCUT2D eigenvalue weighted by atomic mass is 79.9. The minimum absolute atomic E-state index is 0.473. The van der Waals surface area contributed by atoms with Gasteiger partial charge in [-0.05, 0) is 36.8 Å². The quantitative estimate of drug-likeness (QED) is 0.652. The zero-order valence-corrected chi connectivity index (χ0v) is 14.0. The van der Waals surface area contributed by atoms with Crippen LogP contribution in [-0.4, -0.2) is 6.03 Å². The van der Waals surface area contributed by atoms with E-state index in [1.54, 1.807) is 31.2 Å².